The Hall–Kier alpha value is -2.69. The molecule has 0 aliphatic carbocycles. The van der Waals surface area contributed by atoms with Crippen molar-refractivity contribution in [3.8, 4) is 17.2 Å². The topological polar surface area (TPSA) is 30.9 Å². The van der Waals surface area contributed by atoms with Gasteiger partial charge in [-0.15, -0.1) is 12.4 Å². The third-order valence-electron chi connectivity index (χ3n) is 6.10. The molecule has 31 heavy (non-hydrogen) atoms. The Morgan fingerprint density at radius 1 is 0.871 bits per heavy atom. The van der Waals surface area contributed by atoms with Gasteiger partial charge in [0.15, 0.2) is 11.5 Å². The lowest BCUT2D eigenvalue weighted by Gasteiger charge is -2.39. The molecule has 5 heteroatoms. The smallest absolute Gasteiger partial charge is 0.231 e. The Kier molecular flexibility index (Phi) is 7.00. The van der Waals surface area contributed by atoms with Crippen LogP contribution in [0.1, 0.15) is 23.5 Å². The number of piperidine rings is 1. The van der Waals surface area contributed by atoms with Crippen molar-refractivity contribution in [1.82, 2.24) is 4.90 Å². The Bertz CT molecular complexity index is 967. The minimum Gasteiger partial charge on any atom is -0.493 e. The van der Waals surface area contributed by atoms with Crippen LogP contribution in [0.25, 0.3) is 0 Å². The maximum atomic E-state index is 6.26. The van der Waals surface area contributed by atoms with Gasteiger partial charge >= 0.3 is 0 Å². The van der Waals surface area contributed by atoms with Gasteiger partial charge in [-0.2, -0.15) is 0 Å². The third kappa shape index (κ3) is 5.15. The highest BCUT2D eigenvalue weighted by Crippen LogP contribution is 2.37. The van der Waals surface area contributed by atoms with Gasteiger partial charge in [-0.05, 0) is 42.1 Å². The van der Waals surface area contributed by atoms with Crippen molar-refractivity contribution < 1.29 is 14.2 Å². The minimum absolute atomic E-state index is 0. The molecule has 1 fully saturated rings. The number of nitrogens with zero attached hydrogens (tertiary/aromatic N) is 1. The lowest BCUT2D eigenvalue weighted by Crippen LogP contribution is -2.41. The van der Waals surface area contributed by atoms with Gasteiger partial charge < -0.3 is 14.2 Å². The molecule has 2 heterocycles. The van der Waals surface area contributed by atoms with Gasteiger partial charge in [0.1, 0.15) is 5.75 Å². The molecule has 0 spiro atoms. The molecule has 162 valence electrons. The van der Waals surface area contributed by atoms with Crippen LogP contribution < -0.4 is 14.2 Å². The highest BCUT2D eigenvalue weighted by molar-refractivity contribution is 5.85. The van der Waals surface area contributed by atoms with Gasteiger partial charge in [0, 0.05) is 25.1 Å². The van der Waals surface area contributed by atoms with Gasteiger partial charge in [-0.1, -0.05) is 60.7 Å². The zero-order valence-electron chi connectivity index (χ0n) is 17.5. The molecule has 3 aromatic rings. The minimum atomic E-state index is 0. The summed E-state index contributed by atoms with van der Waals surface area (Å²) in [6.45, 7) is 4.09. The summed E-state index contributed by atoms with van der Waals surface area (Å²) < 4.78 is 17.2. The highest BCUT2D eigenvalue weighted by atomic mass is 35.5. The molecule has 2 atom stereocenters. The van der Waals surface area contributed by atoms with E-state index in [0.717, 1.165) is 43.3 Å². The fourth-order valence-corrected chi connectivity index (χ4v) is 4.57. The maximum absolute atomic E-state index is 6.26. The number of hydrogen-bond donors (Lipinski definition) is 0. The number of rotatable bonds is 6. The summed E-state index contributed by atoms with van der Waals surface area (Å²) in [4.78, 5) is 2.56. The summed E-state index contributed by atoms with van der Waals surface area (Å²) in [6.07, 6.45) is 1.14. The maximum Gasteiger partial charge on any atom is 0.231 e. The molecule has 2 aliphatic rings. The SMILES string of the molecule is Cl.c1ccc(CN2CCC(c3ccccc3)C(COc3ccc4c(c3)OCO4)C2)cc1. The van der Waals surface area contributed by atoms with Crippen LogP contribution >= 0.6 is 12.4 Å². The summed E-state index contributed by atoms with van der Waals surface area (Å²) in [7, 11) is 0. The molecule has 1 saturated heterocycles. The zero-order valence-corrected chi connectivity index (χ0v) is 18.3. The van der Waals surface area contributed by atoms with Crippen molar-refractivity contribution in [3.63, 3.8) is 0 Å². The van der Waals surface area contributed by atoms with Crippen molar-refractivity contribution in [2.75, 3.05) is 26.5 Å². The average molecular weight is 438 g/mol. The lowest BCUT2D eigenvalue weighted by molar-refractivity contribution is 0.106. The van der Waals surface area contributed by atoms with Gasteiger partial charge in [-0.3, -0.25) is 4.90 Å². The third-order valence-corrected chi connectivity index (χ3v) is 6.10. The predicted molar refractivity (Wildman–Crippen MR) is 124 cm³/mol. The normalized spacial score (nSPS) is 20.1. The number of fused-ring (bicyclic) bond motifs is 1. The van der Waals surface area contributed by atoms with E-state index in [-0.39, 0.29) is 19.2 Å². The molecular weight excluding hydrogens is 410 g/mol. The quantitative estimate of drug-likeness (QED) is 0.508. The number of hydrogen-bond acceptors (Lipinski definition) is 4. The van der Waals surface area contributed by atoms with E-state index in [1.54, 1.807) is 0 Å². The van der Waals surface area contributed by atoms with Crippen LogP contribution in [0, 0.1) is 5.92 Å². The van der Waals surface area contributed by atoms with E-state index in [1.807, 2.05) is 18.2 Å². The zero-order chi connectivity index (χ0) is 20.2. The first kappa shape index (κ1) is 21.5. The van der Waals surface area contributed by atoms with Crippen molar-refractivity contribution in [2.45, 2.75) is 18.9 Å². The first-order chi connectivity index (χ1) is 14.8. The standard InChI is InChI=1S/C26H27NO3.ClH/c1-3-7-20(8-4-1)16-27-14-13-24(21-9-5-2-6-10-21)22(17-27)18-28-23-11-12-25-26(15-23)30-19-29-25;/h1-12,15,22,24H,13-14,16-19H2;1H. The second kappa shape index (κ2) is 10.1. The van der Waals surface area contributed by atoms with E-state index < -0.39 is 0 Å². The first-order valence-corrected chi connectivity index (χ1v) is 10.7. The summed E-state index contributed by atoms with van der Waals surface area (Å²) >= 11 is 0. The number of benzene rings is 3. The van der Waals surface area contributed by atoms with Crippen molar-refractivity contribution >= 4 is 12.4 Å². The van der Waals surface area contributed by atoms with E-state index >= 15 is 0 Å². The largest absolute Gasteiger partial charge is 0.493 e. The van der Waals surface area contributed by atoms with E-state index in [1.165, 1.54) is 11.1 Å². The van der Waals surface area contributed by atoms with Gasteiger partial charge in [0.25, 0.3) is 0 Å². The van der Waals surface area contributed by atoms with Crippen molar-refractivity contribution in [1.29, 1.82) is 0 Å². The molecule has 0 amide bonds. The average Bonchev–Trinajstić information content (AvgIpc) is 3.27. The molecule has 0 bridgehead atoms. The molecule has 0 aromatic heterocycles. The van der Waals surface area contributed by atoms with Crippen molar-refractivity contribution in [2.24, 2.45) is 5.92 Å². The van der Waals surface area contributed by atoms with Crippen molar-refractivity contribution in [3.05, 3.63) is 90.0 Å². The van der Waals surface area contributed by atoms with Crippen LogP contribution in [-0.4, -0.2) is 31.4 Å². The Labute approximate surface area is 190 Å². The van der Waals surface area contributed by atoms with Crippen LogP contribution in [0.2, 0.25) is 0 Å². The van der Waals surface area contributed by atoms with Gasteiger partial charge in [-0.25, -0.2) is 0 Å². The summed E-state index contributed by atoms with van der Waals surface area (Å²) in [5, 5.41) is 0. The van der Waals surface area contributed by atoms with Crippen LogP contribution in [0.15, 0.2) is 78.9 Å². The van der Waals surface area contributed by atoms with Crippen LogP contribution in [0.3, 0.4) is 0 Å². The molecule has 2 aliphatic heterocycles. The van der Waals surface area contributed by atoms with Crippen LogP contribution in [0.5, 0.6) is 17.2 Å². The molecule has 3 aromatic carbocycles. The summed E-state index contributed by atoms with van der Waals surface area (Å²) in [5.41, 5.74) is 2.78. The van der Waals surface area contributed by atoms with E-state index in [0.29, 0.717) is 18.4 Å². The molecular formula is C26H28ClNO3. The monoisotopic (exact) mass is 437 g/mol. The molecule has 2 unspecified atom stereocenters. The lowest BCUT2D eigenvalue weighted by atomic mass is 9.80. The molecule has 4 nitrogen and oxygen atoms in total. The van der Waals surface area contributed by atoms with Gasteiger partial charge in [0.2, 0.25) is 6.79 Å². The molecule has 0 saturated carbocycles. The first-order valence-electron chi connectivity index (χ1n) is 10.7. The van der Waals surface area contributed by atoms with E-state index in [4.69, 9.17) is 14.2 Å². The molecule has 0 radical (unpaired) electrons. The van der Waals surface area contributed by atoms with Crippen LogP contribution in [-0.2, 0) is 6.54 Å². The van der Waals surface area contributed by atoms with E-state index in [2.05, 4.69) is 65.6 Å². The Balaban J connectivity index is 0.00000231. The second-order valence-electron chi connectivity index (χ2n) is 8.11. The highest BCUT2D eigenvalue weighted by Gasteiger charge is 2.31. The summed E-state index contributed by atoms with van der Waals surface area (Å²) in [6, 6.07) is 27.4. The number of halogens is 1. The Morgan fingerprint density at radius 2 is 1.61 bits per heavy atom. The Morgan fingerprint density at radius 3 is 2.42 bits per heavy atom. The fraction of sp³-hybridized carbons (Fsp3) is 0.308. The van der Waals surface area contributed by atoms with Gasteiger partial charge in [0.05, 0.1) is 6.61 Å². The van der Waals surface area contributed by atoms with Crippen LogP contribution in [0.4, 0.5) is 0 Å². The number of likely N-dealkylation sites (tertiary alicyclic amines) is 1. The fourth-order valence-electron chi connectivity index (χ4n) is 4.57. The molecule has 5 rings (SSSR count). The number of ether oxygens (including phenoxy) is 3. The second-order valence-corrected chi connectivity index (χ2v) is 8.11. The summed E-state index contributed by atoms with van der Waals surface area (Å²) in [5.74, 6) is 3.33. The predicted octanol–water partition coefficient (Wildman–Crippen LogP) is 5.52. The van der Waals surface area contributed by atoms with E-state index in [9.17, 15) is 0 Å². The molecule has 0 N–H and O–H groups in total.